The van der Waals surface area contributed by atoms with E-state index in [1.165, 1.54) is 50.5 Å². The van der Waals surface area contributed by atoms with Gasteiger partial charge < -0.3 is 10.6 Å². The van der Waals surface area contributed by atoms with Gasteiger partial charge >= 0.3 is 0 Å². The average molecular weight is 321 g/mol. The summed E-state index contributed by atoms with van der Waals surface area (Å²) in [5.41, 5.74) is 2.41. The normalized spacial score (nSPS) is 10.7. The van der Waals surface area contributed by atoms with Crippen LogP contribution in [0.1, 0.15) is 77.2 Å². The van der Waals surface area contributed by atoms with Crippen LogP contribution in [0.2, 0.25) is 0 Å². The zero-order chi connectivity index (χ0) is 16.2. The van der Waals surface area contributed by atoms with E-state index in [0.717, 1.165) is 17.3 Å². The van der Waals surface area contributed by atoms with Crippen LogP contribution in [0.5, 0.6) is 0 Å². The molecule has 22 heavy (non-hydrogen) atoms. The second kappa shape index (κ2) is 11.5. The van der Waals surface area contributed by atoms with Gasteiger partial charge in [-0.1, -0.05) is 71.4 Å². The molecule has 2 nitrogen and oxygen atoms in total. The zero-order valence-corrected chi connectivity index (χ0v) is 15.3. The fraction of sp³-hybridized carbons (Fsp3) is 0.632. The minimum absolute atomic E-state index is 0.566. The SMILES string of the molecule is CCCCCCCCCNC(=S)Nc1ccc(C(C)C)cc1. The van der Waals surface area contributed by atoms with Crippen LogP contribution in [0.25, 0.3) is 0 Å². The van der Waals surface area contributed by atoms with Gasteiger partial charge in [0.15, 0.2) is 5.11 Å². The monoisotopic (exact) mass is 320 g/mol. The van der Waals surface area contributed by atoms with Crippen molar-refractivity contribution in [3.05, 3.63) is 29.8 Å². The molecule has 0 atom stereocenters. The molecule has 0 radical (unpaired) electrons. The summed E-state index contributed by atoms with van der Waals surface area (Å²) in [5.74, 6) is 0.566. The largest absolute Gasteiger partial charge is 0.362 e. The molecule has 0 unspecified atom stereocenters. The molecule has 0 saturated carbocycles. The van der Waals surface area contributed by atoms with E-state index in [0.29, 0.717) is 5.92 Å². The maximum absolute atomic E-state index is 5.33. The molecule has 0 spiro atoms. The number of thiocarbonyl (C=S) groups is 1. The van der Waals surface area contributed by atoms with Crippen molar-refractivity contribution >= 4 is 23.0 Å². The Morgan fingerprint density at radius 2 is 1.55 bits per heavy atom. The number of rotatable bonds is 10. The summed E-state index contributed by atoms with van der Waals surface area (Å²) in [6.45, 7) is 7.63. The molecule has 1 rings (SSSR count). The molecule has 0 heterocycles. The van der Waals surface area contributed by atoms with Crippen LogP contribution >= 0.6 is 12.2 Å². The second-order valence-electron chi connectivity index (χ2n) is 6.28. The molecule has 0 aliphatic heterocycles. The predicted molar refractivity (Wildman–Crippen MR) is 103 cm³/mol. The third-order valence-corrected chi connectivity index (χ3v) is 4.15. The Morgan fingerprint density at radius 1 is 0.955 bits per heavy atom. The van der Waals surface area contributed by atoms with Crippen molar-refractivity contribution in [3.63, 3.8) is 0 Å². The topological polar surface area (TPSA) is 24.1 Å². The smallest absolute Gasteiger partial charge is 0.170 e. The maximum atomic E-state index is 5.33. The Bertz CT molecular complexity index is 412. The highest BCUT2D eigenvalue weighted by Gasteiger charge is 2.00. The first kappa shape index (κ1) is 19.0. The molecular weight excluding hydrogens is 288 g/mol. The van der Waals surface area contributed by atoms with Gasteiger partial charge in [-0.3, -0.25) is 0 Å². The Labute approximate surface area is 142 Å². The van der Waals surface area contributed by atoms with Crippen molar-refractivity contribution in [1.82, 2.24) is 5.32 Å². The van der Waals surface area contributed by atoms with Gasteiger partial charge in [0, 0.05) is 12.2 Å². The van der Waals surface area contributed by atoms with Gasteiger partial charge in [-0.15, -0.1) is 0 Å². The van der Waals surface area contributed by atoms with Crippen molar-refractivity contribution in [3.8, 4) is 0 Å². The van der Waals surface area contributed by atoms with E-state index in [1.807, 2.05) is 0 Å². The van der Waals surface area contributed by atoms with Crippen LogP contribution in [-0.4, -0.2) is 11.7 Å². The highest BCUT2D eigenvalue weighted by atomic mass is 32.1. The summed E-state index contributed by atoms with van der Waals surface area (Å²) in [7, 11) is 0. The van der Waals surface area contributed by atoms with Crippen LogP contribution in [0.4, 0.5) is 5.69 Å². The summed E-state index contributed by atoms with van der Waals surface area (Å²) < 4.78 is 0. The standard InChI is InChI=1S/C19H32N2S/c1-4-5-6-7-8-9-10-15-20-19(22)21-18-13-11-17(12-14-18)16(2)3/h11-14,16H,4-10,15H2,1-3H3,(H2,20,21,22). The van der Waals surface area contributed by atoms with E-state index >= 15 is 0 Å². The summed E-state index contributed by atoms with van der Waals surface area (Å²) in [4.78, 5) is 0. The van der Waals surface area contributed by atoms with E-state index in [4.69, 9.17) is 12.2 Å². The van der Waals surface area contributed by atoms with Crippen molar-refractivity contribution < 1.29 is 0 Å². The zero-order valence-electron chi connectivity index (χ0n) is 14.5. The molecule has 0 aromatic heterocycles. The van der Waals surface area contributed by atoms with Crippen LogP contribution in [0, 0.1) is 0 Å². The fourth-order valence-corrected chi connectivity index (χ4v) is 2.63. The van der Waals surface area contributed by atoms with Gasteiger partial charge in [-0.2, -0.15) is 0 Å². The maximum Gasteiger partial charge on any atom is 0.170 e. The Morgan fingerprint density at radius 3 is 2.14 bits per heavy atom. The number of benzene rings is 1. The molecule has 3 heteroatoms. The first-order valence-corrected chi connectivity index (χ1v) is 9.19. The van der Waals surface area contributed by atoms with Crippen molar-refractivity contribution in [2.45, 2.75) is 71.6 Å². The fourth-order valence-electron chi connectivity index (χ4n) is 2.41. The van der Waals surface area contributed by atoms with Crippen LogP contribution in [-0.2, 0) is 0 Å². The Balaban J connectivity index is 2.10. The van der Waals surface area contributed by atoms with Crippen molar-refractivity contribution in [2.75, 3.05) is 11.9 Å². The third kappa shape index (κ3) is 8.38. The van der Waals surface area contributed by atoms with E-state index in [9.17, 15) is 0 Å². The molecule has 1 aromatic rings. The molecule has 0 bridgehead atoms. The highest BCUT2D eigenvalue weighted by molar-refractivity contribution is 7.80. The first-order chi connectivity index (χ1) is 10.6. The van der Waals surface area contributed by atoms with Crippen molar-refractivity contribution in [2.24, 2.45) is 0 Å². The van der Waals surface area contributed by atoms with E-state index in [-0.39, 0.29) is 0 Å². The van der Waals surface area contributed by atoms with Gasteiger partial charge in [0.05, 0.1) is 0 Å². The highest BCUT2D eigenvalue weighted by Crippen LogP contribution is 2.17. The van der Waals surface area contributed by atoms with Gasteiger partial charge in [-0.05, 0) is 42.3 Å². The minimum Gasteiger partial charge on any atom is -0.362 e. The molecule has 0 amide bonds. The van der Waals surface area contributed by atoms with Gasteiger partial charge in [0.25, 0.3) is 0 Å². The number of nitrogens with one attached hydrogen (secondary N) is 2. The predicted octanol–water partition coefficient (Wildman–Crippen LogP) is 5.85. The average Bonchev–Trinajstić information content (AvgIpc) is 2.50. The molecule has 0 aliphatic rings. The summed E-state index contributed by atoms with van der Waals surface area (Å²) >= 11 is 5.33. The van der Waals surface area contributed by atoms with Crippen LogP contribution < -0.4 is 10.6 Å². The quantitative estimate of drug-likeness (QED) is 0.418. The molecular formula is C19H32N2S. The Kier molecular flexibility index (Phi) is 9.89. The molecule has 0 saturated heterocycles. The molecule has 2 N–H and O–H groups in total. The summed E-state index contributed by atoms with van der Waals surface area (Å²) in [6, 6.07) is 8.51. The van der Waals surface area contributed by atoms with E-state index < -0.39 is 0 Å². The third-order valence-electron chi connectivity index (χ3n) is 3.90. The second-order valence-corrected chi connectivity index (χ2v) is 6.69. The summed E-state index contributed by atoms with van der Waals surface area (Å²) in [6.07, 6.45) is 9.29. The molecule has 1 aromatic carbocycles. The number of anilines is 1. The van der Waals surface area contributed by atoms with Gasteiger partial charge in [0.2, 0.25) is 0 Å². The first-order valence-electron chi connectivity index (χ1n) is 8.78. The number of hydrogen-bond acceptors (Lipinski definition) is 1. The van der Waals surface area contributed by atoms with Crippen LogP contribution in [0.15, 0.2) is 24.3 Å². The molecule has 124 valence electrons. The van der Waals surface area contributed by atoms with Gasteiger partial charge in [0.1, 0.15) is 0 Å². The van der Waals surface area contributed by atoms with Crippen LogP contribution in [0.3, 0.4) is 0 Å². The molecule has 0 aliphatic carbocycles. The van der Waals surface area contributed by atoms with E-state index in [2.05, 4.69) is 55.7 Å². The molecule has 0 fully saturated rings. The lowest BCUT2D eigenvalue weighted by Gasteiger charge is -2.12. The Hall–Kier alpha value is -1.09. The van der Waals surface area contributed by atoms with E-state index in [1.54, 1.807) is 0 Å². The summed E-state index contributed by atoms with van der Waals surface area (Å²) in [5, 5.41) is 7.26. The lowest BCUT2D eigenvalue weighted by atomic mass is 10.0. The lowest BCUT2D eigenvalue weighted by Crippen LogP contribution is -2.29. The number of unbranched alkanes of at least 4 members (excludes halogenated alkanes) is 6. The minimum atomic E-state index is 0.566. The number of hydrogen-bond donors (Lipinski definition) is 2. The lowest BCUT2D eigenvalue weighted by molar-refractivity contribution is 0.586. The van der Waals surface area contributed by atoms with Crippen molar-refractivity contribution in [1.29, 1.82) is 0 Å². The van der Waals surface area contributed by atoms with Gasteiger partial charge in [-0.25, -0.2) is 0 Å².